The van der Waals surface area contributed by atoms with E-state index in [1.807, 2.05) is 84.9 Å². The lowest BCUT2D eigenvalue weighted by molar-refractivity contribution is -0.116. The third-order valence-electron chi connectivity index (χ3n) is 7.12. The van der Waals surface area contributed by atoms with Crippen molar-refractivity contribution in [1.82, 2.24) is 0 Å². The first-order valence-electron chi connectivity index (χ1n) is 12.6. The molecule has 5 heteroatoms. The van der Waals surface area contributed by atoms with Crippen LogP contribution in [0.3, 0.4) is 0 Å². The summed E-state index contributed by atoms with van der Waals surface area (Å²) < 4.78 is 6.32. The minimum atomic E-state index is -0.336. The molecule has 1 heterocycles. The third-order valence-corrected chi connectivity index (χ3v) is 7.37. The molecular weight excluding hydrogens is 480 g/mol. The van der Waals surface area contributed by atoms with Crippen molar-refractivity contribution in [3.05, 3.63) is 136 Å². The second-order valence-electron chi connectivity index (χ2n) is 9.53. The molecule has 0 amide bonds. The van der Waals surface area contributed by atoms with Gasteiger partial charge in [0.05, 0.1) is 17.4 Å². The lowest BCUT2D eigenvalue weighted by Gasteiger charge is -2.30. The number of carbonyl (C=O) groups is 1. The Kier molecular flexibility index (Phi) is 6.42. The predicted molar refractivity (Wildman–Crippen MR) is 149 cm³/mol. The molecule has 2 unspecified atom stereocenters. The van der Waals surface area contributed by atoms with Crippen LogP contribution < -0.4 is 15.4 Å². The summed E-state index contributed by atoms with van der Waals surface area (Å²) in [6.45, 7) is 0.456. The Morgan fingerprint density at radius 1 is 0.784 bits per heavy atom. The molecule has 0 fully saturated rings. The summed E-state index contributed by atoms with van der Waals surface area (Å²) in [6.07, 6.45) is 1.19. The number of hydrogen-bond acceptors (Lipinski definition) is 4. The Balaban J connectivity index is 1.40. The topological polar surface area (TPSA) is 50.4 Å². The Labute approximate surface area is 221 Å². The number of ether oxygens (including phenoxy) is 1. The van der Waals surface area contributed by atoms with Crippen molar-refractivity contribution in [1.29, 1.82) is 0 Å². The van der Waals surface area contributed by atoms with Crippen molar-refractivity contribution in [3.8, 4) is 5.75 Å². The predicted octanol–water partition coefficient (Wildman–Crippen LogP) is 7.90. The summed E-state index contributed by atoms with van der Waals surface area (Å²) in [7, 11) is 0. The SMILES string of the molecule is O=C1CC(c2ccc(Cl)cc2)CC2=C1C(c1ccccc1OCc1ccccc1)Nc1ccccc1N2. The average molecular weight is 507 g/mol. The van der Waals surface area contributed by atoms with Gasteiger partial charge in [-0.1, -0.05) is 84.4 Å². The largest absolute Gasteiger partial charge is 0.489 e. The van der Waals surface area contributed by atoms with E-state index in [1.54, 1.807) is 0 Å². The highest BCUT2D eigenvalue weighted by Crippen LogP contribution is 2.45. The molecule has 2 N–H and O–H groups in total. The molecule has 0 saturated heterocycles. The number of hydrogen-bond donors (Lipinski definition) is 2. The Bertz CT molecular complexity index is 1460. The zero-order valence-corrected chi connectivity index (χ0v) is 21.0. The fourth-order valence-corrected chi connectivity index (χ4v) is 5.41. The highest BCUT2D eigenvalue weighted by Gasteiger charge is 2.37. The van der Waals surface area contributed by atoms with Crippen molar-refractivity contribution in [2.24, 2.45) is 0 Å². The molecule has 1 aliphatic heterocycles. The minimum Gasteiger partial charge on any atom is -0.489 e. The van der Waals surface area contributed by atoms with Crippen LogP contribution in [0.25, 0.3) is 0 Å². The number of carbonyl (C=O) groups excluding carboxylic acids is 1. The van der Waals surface area contributed by atoms with E-state index >= 15 is 0 Å². The van der Waals surface area contributed by atoms with Crippen LogP contribution in [0.4, 0.5) is 11.4 Å². The number of nitrogens with one attached hydrogen (secondary N) is 2. The minimum absolute atomic E-state index is 0.0894. The molecule has 184 valence electrons. The van der Waals surface area contributed by atoms with E-state index in [-0.39, 0.29) is 17.7 Å². The van der Waals surface area contributed by atoms with Crippen LogP contribution in [0.2, 0.25) is 5.02 Å². The molecule has 0 radical (unpaired) electrons. The first kappa shape index (κ1) is 23.4. The van der Waals surface area contributed by atoms with E-state index in [1.165, 1.54) is 0 Å². The second kappa shape index (κ2) is 10.2. The standard InChI is InChI=1S/C32H27ClN2O2/c33-24-16-14-22(15-17-24)23-18-28-31(29(36)19-23)32(35-27-12-6-5-11-26(27)34-28)25-10-4-7-13-30(25)37-20-21-8-2-1-3-9-21/h1-17,23,32,34-35H,18-20H2. The van der Waals surface area contributed by atoms with Gasteiger partial charge in [0.1, 0.15) is 12.4 Å². The van der Waals surface area contributed by atoms with Gasteiger partial charge in [-0.25, -0.2) is 0 Å². The smallest absolute Gasteiger partial charge is 0.163 e. The fourth-order valence-electron chi connectivity index (χ4n) is 5.28. The van der Waals surface area contributed by atoms with Crippen LogP contribution >= 0.6 is 11.6 Å². The third kappa shape index (κ3) is 4.85. The fraction of sp³-hybridized carbons (Fsp3) is 0.156. The van der Waals surface area contributed by atoms with Gasteiger partial charge in [-0.15, -0.1) is 0 Å². The van der Waals surface area contributed by atoms with Gasteiger partial charge in [0.25, 0.3) is 0 Å². The molecular formula is C32H27ClN2O2. The van der Waals surface area contributed by atoms with E-state index in [0.717, 1.165) is 51.5 Å². The normalized spacial score (nSPS) is 18.7. The molecule has 0 aromatic heterocycles. The van der Waals surface area contributed by atoms with Gasteiger partial charge < -0.3 is 15.4 Å². The number of anilines is 2. The molecule has 0 saturated carbocycles. The first-order valence-corrected chi connectivity index (χ1v) is 12.9. The number of allylic oxidation sites excluding steroid dienone is 1. The van der Waals surface area contributed by atoms with Gasteiger partial charge in [-0.2, -0.15) is 0 Å². The summed E-state index contributed by atoms with van der Waals surface area (Å²) in [6, 6.07) is 33.7. The molecule has 4 aromatic rings. The number of fused-ring (bicyclic) bond motifs is 1. The molecule has 2 atom stereocenters. The number of Topliss-reactive ketones (excluding diaryl/α,β-unsaturated/α-hetero) is 1. The molecule has 4 nitrogen and oxygen atoms in total. The van der Waals surface area contributed by atoms with E-state index in [2.05, 4.69) is 28.8 Å². The van der Waals surface area contributed by atoms with Crippen LogP contribution in [0.5, 0.6) is 5.75 Å². The molecule has 6 rings (SSSR count). The summed E-state index contributed by atoms with van der Waals surface area (Å²) in [5, 5.41) is 7.97. The number of benzene rings is 4. The van der Waals surface area contributed by atoms with Gasteiger partial charge in [0.15, 0.2) is 5.78 Å². The zero-order valence-electron chi connectivity index (χ0n) is 20.3. The van der Waals surface area contributed by atoms with Gasteiger partial charge >= 0.3 is 0 Å². The summed E-state index contributed by atoms with van der Waals surface area (Å²) in [5.41, 5.74) is 6.81. The molecule has 4 aromatic carbocycles. The van der Waals surface area contributed by atoms with Crippen molar-refractivity contribution in [3.63, 3.8) is 0 Å². The Morgan fingerprint density at radius 2 is 1.49 bits per heavy atom. The maximum atomic E-state index is 13.9. The van der Waals surface area contributed by atoms with Crippen LogP contribution in [0.15, 0.2) is 114 Å². The van der Waals surface area contributed by atoms with E-state index in [9.17, 15) is 4.79 Å². The average Bonchev–Trinajstić information content (AvgIpc) is 3.10. The van der Waals surface area contributed by atoms with E-state index in [4.69, 9.17) is 16.3 Å². The molecule has 0 spiro atoms. The highest BCUT2D eigenvalue weighted by molar-refractivity contribution is 6.30. The lowest BCUT2D eigenvalue weighted by Crippen LogP contribution is -2.27. The lowest BCUT2D eigenvalue weighted by atomic mass is 9.78. The van der Waals surface area contributed by atoms with Crippen molar-refractivity contribution in [2.75, 3.05) is 10.6 Å². The van der Waals surface area contributed by atoms with Crippen molar-refractivity contribution < 1.29 is 9.53 Å². The molecule has 37 heavy (non-hydrogen) atoms. The number of halogens is 1. The first-order chi connectivity index (χ1) is 18.2. The number of para-hydroxylation sites is 3. The van der Waals surface area contributed by atoms with Crippen LogP contribution in [0, 0.1) is 0 Å². The van der Waals surface area contributed by atoms with Crippen LogP contribution in [-0.2, 0) is 11.4 Å². The highest BCUT2D eigenvalue weighted by atomic mass is 35.5. The van der Waals surface area contributed by atoms with E-state index in [0.29, 0.717) is 18.1 Å². The van der Waals surface area contributed by atoms with Crippen molar-refractivity contribution in [2.45, 2.75) is 31.4 Å². The second-order valence-corrected chi connectivity index (χ2v) is 9.97. The Hall–Kier alpha value is -4.02. The summed E-state index contributed by atoms with van der Waals surface area (Å²) in [5.74, 6) is 0.992. The summed E-state index contributed by atoms with van der Waals surface area (Å²) >= 11 is 6.13. The molecule has 1 aliphatic carbocycles. The van der Waals surface area contributed by atoms with Crippen molar-refractivity contribution >= 4 is 28.8 Å². The summed E-state index contributed by atoms with van der Waals surface area (Å²) in [4.78, 5) is 13.9. The maximum absolute atomic E-state index is 13.9. The maximum Gasteiger partial charge on any atom is 0.163 e. The van der Waals surface area contributed by atoms with Gasteiger partial charge in [0, 0.05) is 28.3 Å². The van der Waals surface area contributed by atoms with Gasteiger partial charge in [-0.3, -0.25) is 4.79 Å². The van der Waals surface area contributed by atoms with Crippen LogP contribution in [0.1, 0.15) is 41.5 Å². The molecule has 0 bridgehead atoms. The van der Waals surface area contributed by atoms with Gasteiger partial charge in [-0.05, 0) is 53.8 Å². The number of ketones is 1. The molecule has 2 aliphatic rings. The number of rotatable bonds is 5. The van der Waals surface area contributed by atoms with Crippen LogP contribution in [-0.4, -0.2) is 5.78 Å². The zero-order chi connectivity index (χ0) is 25.2. The Morgan fingerprint density at radius 3 is 2.30 bits per heavy atom. The monoisotopic (exact) mass is 506 g/mol. The quantitative estimate of drug-likeness (QED) is 0.289. The van der Waals surface area contributed by atoms with E-state index < -0.39 is 0 Å². The van der Waals surface area contributed by atoms with Gasteiger partial charge in [0.2, 0.25) is 0 Å².